The first-order valence-corrected chi connectivity index (χ1v) is 5.90. The third kappa shape index (κ3) is 4.76. The first-order chi connectivity index (χ1) is 9.06. The molecule has 0 aliphatic heterocycles. The van der Waals surface area contributed by atoms with Crippen LogP contribution in [0.15, 0.2) is 18.2 Å². The summed E-state index contributed by atoms with van der Waals surface area (Å²) in [4.78, 5) is 23.0. The van der Waals surface area contributed by atoms with E-state index < -0.39 is 11.9 Å². The molecule has 7 heteroatoms. The number of halogens is 1. The Morgan fingerprint density at radius 3 is 2.84 bits per heavy atom. The van der Waals surface area contributed by atoms with Gasteiger partial charge in [0.25, 0.3) is 5.91 Å². The van der Waals surface area contributed by atoms with Crippen molar-refractivity contribution in [2.75, 3.05) is 32.6 Å². The van der Waals surface area contributed by atoms with E-state index in [0.717, 1.165) is 0 Å². The average molecular weight is 287 g/mol. The fourth-order valence-corrected chi connectivity index (χ4v) is 1.46. The zero-order chi connectivity index (χ0) is 14.3. The predicted octanol–water partition coefficient (Wildman–Crippen LogP) is 0.842. The quantitative estimate of drug-likeness (QED) is 0.459. The molecule has 1 aromatic rings. The van der Waals surface area contributed by atoms with E-state index in [4.69, 9.17) is 26.8 Å². The van der Waals surface area contributed by atoms with Crippen molar-refractivity contribution < 1.29 is 19.1 Å². The zero-order valence-electron chi connectivity index (χ0n) is 10.4. The van der Waals surface area contributed by atoms with Crippen LogP contribution in [0.25, 0.3) is 0 Å². The maximum Gasteiger partial charge on any atom is 0.340 e. The molecule has 6 nitrogen and oxygen atoms in total. The van der Waals surface area contributed by atoms with Crippen LogP contribution in [-0.2, 0) is 14.3 Å². The molecular weight excluding hydrogens is 272 g/mol. The number of nitrogens with one attached hydrogen (secondary N) is 1. The molecule has 104 valence electrons. The van der Waals surface area contributed by atoms with E-state index in [9.17, 15) is 9.59 Å². The van der Waals surface area contributed by atoms with Crippen molar-refractivity contribution in [3.8, 4) is 0 Å². The molecule has 0 radical (unpaired) electrons. The Kier molecular flexibility index (Phi) is 6.11. The van der Waals surface area contributed by atoms with Gasteiger partial charge in [-0.25, -0.2) is 4.79 Å². The van der Waals surface area contributed by atoms with Crippen LogP contribution in [0.3, 0.4) is 0 Å². The highest BCUT2D eigenvalue weighted by atomic mass is 35.5. The van der Waals surface area contributed by atoms with Crippen LogP contribution in [0.5, 0.6) is 0 Å². The number of hydrogen-bond acceptors (Lipinski definition) is 5. The van der Waals surface area contributed by atoms with Crippen LogP contribution in [-0.4, -0.2) is 38.7 Å². The molecule has 1 amide bonds. The Hall–Kier alpha value is -1.79. The number of carbonyl (C=O) groups is 2. The van der Waals surface area contributed by atoms with Gasteiger partial charge in [-0.15, -0.1) is 0 Å². The molecule has 19 heavy (non-hydrogen) atoms. The van der Waals surface area contributed by atoms with Gasteiger partial charge in [0, 0.05) is 13.7 Å². The Morgan fingerprint density at radius 1 is 1.42 bits per heavy atom. The average Bonchev–Trinajstić information content (AvgIpc) is 2.39. The number of rotatable bonds is 6. The molecule has 0 fully saturated rings. The molecule has 0 aliphatic rings. The monoisotopic (exact) mass is 286 g/mol. The predicted molar refractivity (Wildman–Crippen MR) is 71.0 cm³/mol. The molecule has 3 N–H and O–H groups in total. The van der Waals surface area contributed by atoms with Gasteiger partial charge in [-0.05, 0) is 12.1 Å². The van der Waals surface area contributed by atoms with E-state index in [2.05, 4.69) is 5.32 Å². The van der Waals surface area contributed by atoms with Crippen molar-refractivity contribution in [2.24, 2.45) is 0 Å². The smallest absolute Gasteiger partial charge is 0.340 e. The first-order valence-electron chi connectivity index (χ1n) is 5.53. The van der Waals surface area contributed by atoms with Crippen LogP contribution in [0, 0.1) is 0 Å². The summed E-state index contributed by atoms with van der Waals surface area (Å²) in [6.07, 6.45) is 0. The fourth-order valence-electron chi connectivity index (χ4n) is 1.26. The second-order valence-electron chi connectivity index (χ2n) is 3.63. The van der Waals surface area contributed by atoms with Crippen LogP contribution < -0.4 is 11.1 Å². The van der Waals surface area contributed by atoms with Crippen LogP contribution >= 0.6 is 11.6 Å². The summed E-state index contributed by atoms with van der Waals surface area (Å²) in [6.45, 7) is 0.361. The molecular formula is C12H15ClN2O4. The van der Waals surface area contributed by atoms with Crippen molar-refractivity contribution >= 4 is 29.2 Å². The second-order valence-corrected chi connectivity index (χ2v) is 4.01. The lowest BCUT2D eigenvalue weighted by molar-refractivity contribution is -0.124. The van der Waals surface area contributed by atoms with Crippen molar-refractivity contribution in [3.63, 3.8) is 0 Å². The van der Waals surface area contributed by atoms with Crippen molar-refractivity contribution in [1.29, 1.82) is 0 Å². The van der Waals surface area contributed by atoms with Gasteiger partial charge in [0.1, 0.15) is 0 Å². The van der Waals surface area contributed by atoms with Gasteiger partial charge in [-0.2, -0.15) is 0 Å². The lowest BCUT2D eigenvalue weighted by atomic mass is 10.2. The number of hydrogen-bond donors (Lipinski definition) is 2. The van der Waals surface area contributed by atoms with Gasteiger partial charge >= 0.3 is 5.97 Å². The van der Waals surface area contributed by atoms with Gasteiger partial charge in [-0.3, -0.25) is 4.79 Å². The molecule has 0 saturated heterocycles. The maximum absolute atomic E-state index is 11.7. The van der Waals surface area contributed by atoms with E-state index in [1.54, 1.807) is 12.1 Å². The number of esters is 1. The van der Waals surface area contributed by atoms with E-state index in [1.807, 2.05) is 0 Å². The molecule has 1 aromatic carbocycles. The van der Waals surface area contributed by atoms with E-state index in [-0.39, 0.29) is 22.9 Å². The molecule has 0 unspecified atom stereocenters. The largest absolute Gasteiger partial charge is 0.452 e. The number of carbonyl (C=O) groups excluding carboxylic acids is 2. The first kappa shape index (κ1) is 15.3. The highest BCUT2D eigenvalue weighted by Crippen LogP contribution is 2.23. The molecule has 0 spiro atoms. The van der Waals surface area contributed by atoms with Gasteiger partial charge in [-0.1, -0.05) is 17.7 Å². The van der Waals surface area contributed by atoms with Crippen LogP contribution in [0.1, 0.15) is 10.4 Å². The highest BCUT2D eigenvalue weighted by Gasteiger charge is 2.14. The summed E-state index contributed by atoms with van der Waals surface area (Å²) in [5.41, 5.74) is 5.97. The molecule has 0 bridgehead atoms. The summed E-state index contributed by atoms with van der Waals surface area (Å²) in [6, 6.07) is 4.62. The van der Waals surface area contributed by atoms with E-state index in [0.29, 0.717) is 13.2 Å². The zero-order valence-corrected chi connectivity index (χ0v) is 11.2. The Balaban J connectivity index is 2.47. The minimum absolute atomic E-state index is 0.118. The number of nitrogens with two attached hydrogens (primary N) is 1. The summed E-state index contributed by atoms with van der Waals surface area (Å²) in [5.74, 6) is -1.11. The minimum atomic E-state index is -0.695. The normalized spacial score (nSPS) is 10.0. The topological polar surface area (TPSA) is 90.6 Å². The van der Waals surface area contributed by atoms with Crippen molar-refractivity contribution in [1.82, 2.24) is 5.32 Å². The van der Waals surface area contributed by atoms with E-state index in [1.165, 1.54) is 13.2 Å². The Labute approximate surface area is 115 Å². The highest BCUT2D eigenvalue weighted by molar-refractivity contribution is 6.36. The molecule has 0 aromatic heterocycles. The lowest BCUT2D eigenvalue weighted by Gasteiger charge is -2.08. The number of ether oxygens (including phenoxy) is 2. The molecule has 0 atom stereocenters. The fraction of sp³-hybridized carbons (Fsp3) is 0.333. The van der Waals surface area contributed by atoms with Gasteiger partial charge in [0.15, 0.2) is 6.61 Å². The van der Waals surface area contributed by atoms with Gasteiger partial charge < -0.3 is 20.5 Å². The number of benzene rings is 1. The standard InChI is InChI=1S/C12H15ClN2O4/c1-18-6-5-15-10(16)7-19-12(17)8-3-2-4-9(14)11(8)13/h2-4H,5-7,14H2,1H3,(H,15,16). The SMILES string of the molecule is COCCNC(=O)COC(=O)c1cccc(N)c1Cl. The number of anilines is 1. The molecule has 0 aliphatic carbocycles. The number of methoxy groups -OCH3 is 1. The van der Waals surface area contributed by atoms with Gasteiger partial charge in [0.05, 0.1) is 22.9 Å². The molecule has 0 saturated carbocycles. The summed E-state index contributed by atoms with van der Waals surface area (Å²) in [7, 11) is 1.52. The number of nitrogen functional groups attached to an aromatic ring is 1. The van der Waals surface area contributed by atoms with Crippen LogP contribution in [0.2, 0.25) is 5.02 Å². The lowest BCUT2D eigenvalue weighted by Crippen LogP contribution is -2.31. The maximum atomic E-state index is 11.7. The van der Waals surface area contributed by atoms with Gasteiger partial charge in [0.2, 0.25) is 0 Å². The third-order valence-corrected chi connectivity index (χ3v) is 2.63. The van der Waals surface area contributed by atoms with Crippen molar-refractivity contribution in [3.05, 3.63) is 28.8 Å². The molecule has 1 rings (SSSR count). The van der Waals surface area contributed by atoms with Crippen LogP contribution in [0.4, 0.5) is 5.69 Å². The third-order valence-electron chi connectivity index (χ3n) is 2.21. The Morgan fingerprint density at radius 2 is 2.16 bits per heavy atom. The summed E-state index contributed by atoms with van der Waals surface area (Å²) < 4.78 is 9.59. The van der Waals surface area contributed by atoms with Crippen molar-refractivity contribution in [2.45, 2.75) is 0 Å². The van der Waals surface area contributed by atoms with E-state index >= 15 is 0 Å². The Bertz CT molecular complexity index is 465. The summed E-state index contributed by atoms with van der Waals surface area (Å²) in [5, 5.41) is 2.64. The molecule has 0 heterocycles. The minimum Gasteiger partial charge on any atom is -0.452 e. The number of amides is 1. The second kappa shape index (κ2) is 7.60. The summed E-state index contributed by atoms with van der Waals surface area (Å²) >= 11 is 5.86.